The van der Waals surface area contributed by atoms with Crippen LogP contribution in [0.4, 0.5) is 0 Å². The van der Waals surface area contributed by atoms with Gasteiger partial charge in [0.2, 0.25) is 5.91 Å². The summed E-state index contributed by atoms with van der Waals surface area (Å²) in [5, 5.41) is 23.5. The van der Waals surface area contributed by atoms with Crippen molar-refractivity contribution >= 4 is 23.6 Å². The number of carbonyl (C=O) groups is 2. The number of likely N-dealkylation sites (tertiary alicyclic amines) is 1. The molecule has 4 aliphatic rings. The van der Waals surface area contributed by atoms with Crippen molar-refractivity contribution in [1.82, 2.24) is 15.1 Å². The number of hydrogen-bond acceptors (Lipinski definition) is 6. The van der Waals surface area contributed by atoms with Crippen molar-refractivity contribution in [2.24, 2.45) is 17.8 Å². The van der Waals surface area contributed by atoms with Gasteiger partial charge in [0, 0.05) is 29.2 Å². The predicted octanol–water partition coefficient (Wildman–Crippen LogP) is 0.557. The van der Waals surface area contributed by atoms with Crippen LogP contribution in [0, 0.1) is 17.8 Å². The first-order valence-electron chi connectivity index (χ1n) is 9.96. The van der Waals surface area contributed by atoms with E-state index in [4.69, 9.17) is 0 Å². The van der Waals surface area contributed by atoms with Gasteiger partial charge in [-0.1, -0.05) is 6.92 Å². The van der Waals surface area contributed by atoms with Crippen LogP contribution in [0.1, 0.15) is 26.7 Å². The number of aliphatic carboxylic acids is 1. The number of aliphatic hydroxyl groups is 1. The average molecular weight is 396 g/mol. The molecular formula is C19H29N3O4S. The molecule has 0 aromatic rings. The van der Waals surface area contributed by atoms with Crippen molar-refractivity contribution in [2.75, 3.05) is 32.7 Å². The van der Waals surface area contributed by atoms with Crippen LogP contribution in [-0.2, 0) is 9.59 Å². The van der Waals surface area contributed by atoms with Crippen LogP contribution in [0.3, 0.4) is 0 Å². The van der Waals surface area contributed by atoms with Crippen molar-refractivity contribution < 1.29 is 19.8 Å². The van der Waals surface area contributed by atoms with Gasteiger partial charge < -0.3 is 25.3 Å². The molecule has 150 valence electrons. The maximum Gasteiger partial charge on any atom is 0.353 e. The number of hydrogen-bond donors (Lipinski definition) is 3. The third kappa shape index (κ3) is 3.30. The highest BCUT2D eigenvalue weighted by molar-refractivity contribution is 8.03. The van der Waals surface area contributed by atoms with Gasteiger partial charge >= 0.3 is 5.97 Å². The van der Waals surface area contributed by atoms with E-state index in [1.54, 1.807) is 18.7 Å². The summed E-state index contributed by atoms with van der Waals surface area (Å²) < 4.78 is 0. The number of aliphatic hydroxyl groups excluding tert-OH is 1. The van der Waals surface area contributed by atoms with E-state index >= 15 is 0 Å². The minimum Gasteiger partial charge on any atom is -0.477 e. The first kappa shape index (κ1) is 19.2. The number of rotatable bonds is 6. The summed E-state index contributed by atoms with van der Waals surface area (Å²) >= 11 is 1.65. The van der Waals surface area contributed by atoms with Crippen LogP contribution in [0.5, 0.6) is 0 Å². The largest absolute Gasteiger partial charge is 0.477 e. The van der Waals surface area contributed by atoms with Crippen molar-refractivity contribution in [3.8, 4) is 0 Å². The molecule has 4 rings (SSSR count). The highest BCUT2D eigenvalue weighted by Crippen LogP contribution is 2.51. The number of fused-ring (bicyclic) bond motifs is 1. The summed E-state index contributed by atoms with van der Waals surface area (Å²) in [6, 6.07) is -0.215. The summed E-state index contributed by atoms with van der Waals surface area (Å²) in [5.74, 6) is -1.08. The fraction of sp³-hybridized carbons (Fsp3) is 0.789. The molecule has 0 bridgehead atoms. The van der Waals surface area contributed by atoms with Gasteiger partial charge in [0.1, 0.15) is 5.70 Å². The van der Waals surface area contributed by atoms with Crippen molar-refractivity contribution in [1.29, 1.82) is 0 Å². The molecule has 0 spiro atoms. The Morgan fingerprint density at radius 3 is 2.81 bits per heavy atom. The smallest absolute Gasteiger partial charge is 0.353 e. The first-order chi connectivity index (χ1) is 12.9. The van der Waals surface area contributed by atoms with E-state index in [2.05, 4.69) is 10.2 Å². The second-order valence-corrected chi connectivity index (χ2v) is 9.76. The van der Waals surface area contributed by atoms with E-state index in [0.29, 0.717) is 5.25 Å². The standard InChI is InChI=1S/C19H29N3O4S/c1-10-15-14(11(2)23)18(24)22(15)16(19(25)26)17(10)27-13-4-6-21(9-13)8-12-3-5-20-7-12/h10-15,20,23H,3-9H2,1-2H3,(H,25,26)/t10-,11-,12?,13?,14-,15-/m1/s1. The van der Waals surface area contributed by atoms with Crippen LogP contribution in [0.2, 0.25) is 0 Å². The van der Waals surface area contributed by atoms with Crippen LogP contribution < -0.4 is 5.32 Å². The van der Waals surface area contributed by atoms with Gasteiger partial charge in [0.05, 0.1) is 18.1 Å². The first-order valence-corrected chi connectivity index (χ1v) is 10.8. The van der Waals surface area contributed by atoms with E-state index in [1.165, 1.54) is 11.3 Å². The highest BCUT2D eigenvalue weighted by atomic mass is 32.2. The molecule has 0 aliphatic carbocycles. The molecule has 4 aliphatic heterocycles. The maximum absolute atomic E-state index is 12.4. The number of nitrogens with zero attached hydrogens (tertiary/aromatic N) is 2. The molecule has 0 saturated carbocycles. The van der Waals surface area contributed by atoms with Crippen molar-refractivity contribution in [2.45, 2.75) is 44.1 Å². The van der Waals surface area contributed by atoms with Crippen molar-refractivity contribution in [3.63, 3.8) is 0 Å². The Bertz CT molecular complexity index is 661. The molecule has 1 amide bonds. The zero-order valence-corrected chi connectivity index (χ0v) is 16.7. The highest BCUT2D eigenvalue weighted by Gasteiger charge is 2.60. The molecule has 0 aromatic carbocycles. The number of carbonyl (C=O) groups excluding carboxylic acids is 1. The van der Waals surface area contributed by atoms with E-state index in [0.717, 1.165) is 50.0 Å². The molecule has 3 saturated heterocycles. The Morgan fingerprint density at radius 2 is 2.19 bits per heavy atom. The minimum absolute atomic E-state index is 0.0357. The summed E-state index contributed by atoms with van der Waals surface area (Å²) in [5.41, 5.74) is 0.151. The van der Waals surface area contributed by atoms with E-state index in [1.807, 2.05) is 6.92 Å². The minimum atomic E-state index is -1.03. The van der Waals surface area contributed by atoms with Crippen LogP contribution in [0.15, 0.2) is 10.6 Å². The average Bonchev–Trinajstić information content (AvgIpc) is 3.30. The van der Waals surface area contributed by atoms with Gasteiger partial charge in [-0.25, -0.2) is 4.79 Å². The summed E-state index contributed by atoms with van der Waals surface area (Å²) in [6.45, 7) is 8.96. The molecule has 7 nitrogen and oxygen atoms in total. The lowest BCUT2D eigenvalue weighted by Gasteiger charge is -2.46. The fourth-order valence-corrected chi connectivity index (χ4v) is 6.67. The number of β-lactam (4-membered cyclic amide) rings is 1. The summed E-state index contributed by atoms with van der Waals surface area (Å²) in [6.07, 6.45) is 1.54. The van der Waals surface area contributed by atoms with Gasteiger partial charge in [0.25, 0.3) is 0 Å². The number of thioether (sulfide) groups is 1. The Hall–Kier alpha value is -1.09. The summed E-state index contributed by atoms with van der Waals surface area (Å²) in [4.78, 5) is 29.0. The molecule has 27 heavy (non-hydrogen) atoms. The van der Waals surface area contributed by atoms with Gasteiger partial charge in [0.15, 0.2) is 0 Å². The lowest BCUT2D eigenvalue weighted by atomic mass is 9.79. The van der Waals surface area contributed by atoms with Crippen LogP contribution >= 0.6 is 11.8 Å². The Kier molecular flexibility index (Phi) is 5.26. The van der Waals surface area contributed by atoms with E-state index in [9.17, 15) is 19.8 Å². The lowest BCUT2D eigenvalue weighted by Crippen LogP contribution is -2.63. The fourth-order valence-electron chi connectivity index (χ4n) is 5.15. The SMILES string of the molecule is C[C@@H](O)[C@H]1C(=O)N2C(C(=O)O)=C(SC3CCN(CC4CCNC4)C3)[C@H](C)[C@H]12. The molecule has 0 radical (unpaired) electrons. The zero-order chi connectivity index (χ0) is 19.3. The molecule has 4 heterocycles. The zero-order valence-electron chi connectivity index (χ0n) is 15.9. The third-order valence-corrected chi connectivity index (χ3v) is 8.05. The number of amides is 1. The lowest BCUT2D eigenvalue weighted by molar-refractivity contribution is -0.163. The van der Waals surface area contributed by atoms with Gasteiger partial charge in [-0.15, -0.1) is 11.8 Å². The second kappa shape index (κ2) is 7.39. The molecular weight excluding hydrogens is 366 g/mol. The van der Waals surface area contributed by atoms with E-state index < -0.39 is 18.0 Å². The Balaban J connectivity index is 1.45. The third-order valence-electron chi connectivity index (χ3n) is 6.51. The predicted molar refractivity (Wildman–Crippen MR) is 103 cm³/mol. The van der Waals surface area contributed by atoms with Gasteiger partial charge in [-0.05, 0) is 45.3 Å². The monoisotopic (exact) mass is 395 g/mol. The number of carboxylic acids is 1. The normalized spacial score (nSPS) is 37.7. The Labute approximate surface area is 164 Å². The molecule has 2 unspecified atom stereocenters. The van der Waals surface area contributed by atoms with Crippen LogP contribution in [0.25, 0.3) is 0 Å². The quantitative estimate of drug-likeness (QED) is 0.566. The molecule has 0 aromatic heterocycles. The molecule has 3 fully saturated rings. The summed E-state index contributed by atoms with van der Waals surface area (Å²) in [7, 11) is 0. The second-order valence-electron chi connectivity index (χ2n) is 8.42. The van der Waals surface area contributed by atoms with Crippen molar-refractivity contribution in [3.05, 3.63) is 10.6 Å². The topological polar surface area (TPSA) is 93.1 Å². The maximum atomic E-state index is 12.4. The molecule has 8 heteroatoms. The molecule has 3 N–H and O–H groups in total. The number of nitrogens with one attached hydrogen (secondary N) is 1. The molecule has 6 atom stereocenters. The van der Waals surface area contributed by atoms with Crippen LogP contribution in [-0.4, -0.2) is 82.0 Å². The Morgan fingerprint density at radius 1 is 1.41 bits per heavy atom. The number of carboxylic acid groups (broad SMARTS) is 1. The van der Waals surface area contributed by atoms with Gasteiger partial charge in [-0.3, -0.25) is 4.79 Å². The van der Waals surface area contributed by atoms with E-state index in [-0.39, 0.29) is 23.6 Å². The van der Waals surface area contributed by atoms with Gasteiger partial charge in [-0.2, -0.15) is 0 Å².